The van der Waals surface area contributed by atoms with E-state index in [4.69, 9.17) is 16.3 Å². The Hall–Kier alpha value is -3.32. The molecule has 0 radical (unpaired) electrons. The Morgan fingerprint density at radius 2 is 1.95 bits per heavy atom. The van der Waals surface area contributed by atoms with E-state index in [2.05, 4.69) is 10.4 Å². The van der Waals surface area contributed by atoms with E-state index in [0.717, 1.165) is 4.68 Å². The molecule has 0 aliphatic rings. The Bertz CT molecular complexity index is 704. The Labute approximate surface area is 108 Å². The number of nitrogens with zero attached hydrogens (tertiary/aromatic N) is 4. The first-order valence-electron chi connectivity index (χ1n) is 5.22. The van der Waals surface area contributed by atoms with Gasteiger partial charge in [0, 0.05) is 5.69 Å². The average Bonchev–Trinajstić information content (AvgIpc) is 2.76. The van der Waals surface area contributed by atoms with Crippen LogP contribution in [0.25, 0.3) is 0 Å². The minimum absolute atomic E-state index is 0.106. The second kappa shape index (κ2) is 4.90. The van der Waals surface area contributed by atoms with Crippen molar-refractivity contribution in [2.45, 2.75) is 0 Å². The number of aromatic nitrogens is 2. The van der Waals surface area contributed by atoms with Gasteiger partial charge in [0.15, 0.2) is 11.5 Å². The quantitative estimate of drug-likeness (QED) is 0.792. The number of rotatable bonds is 1. The molecule has 0 bridgehead atoms. The molecular formula is C12H8N6O. The lowest BCUT2D eigenvalue weighted by Gasteiger charge is -2.05. The minimum atomic E-state index is -0.637. The van der Waals surface area contributed by atoms with Gasteiger partial charge < -0.3 is 11.1 Å². The van der Waals surface area contributed by atoms with Gasteiger partial charge in [-0.05, 0) is 12.1 Å². The van der Waals surface area contributed by atoms with Gasteiger partial charge >= 0.3 is 6.03 Å². The molecule has 0 spiro atoms. The number of hydrogen-bond donors (Lipinski definition) is 2. The first-order chi connectivity index (χ1) is 9.17. The van der Waals surface area contributed by atoms with Gasteiger partial charge in [-0.1, -0.05) is 18.2 Å². The van der Waals surface area contributed by atoms with Crippen molar-refractivity contribution in [3.63, 3.8) is 0 Å². The summed E-state index contributed by atoms with van der Waals surface area (Å²) in [5.41, 5.74) is 5.88. The fraction of sp³-hybridized carbons (Fsp3) is 0. The molecule has 0 aliphatic heterocycles. The number of nitrogen functional groups attached to an aromatic ring is 1. The van der Waals surface area contributed by atoms with Gasteiger partial charge in [-0.25, -0.2) is 4.79 Å². The summed E-state index contributed by atoms with van der Waals surface area (Å²) >= 11 is 0. The van der Waals surface area contributed by atoms with Crippen LogP contribution in [0.1, 0.15) is 11.3 Å². The molecule has 1 amide bonds. The molecule has 0 saturated carbocycles. The summed E-state index contributed by atoms with van der Waals surface area (Å²) in [5, 5.41) is 23.9. The molecule has 1 aromatic carbocycles. The number of hydrogen-bond acceptors (Lipinski definition) is 5. The molecular weight excluding hydrogens is 244 g/mol. The topological polar surface area (TPSA) is 121 Å². The molecule has 7 heteroatoms. The summed E-state index contributed by atoms with van der Waals surface area (Å²) in [6.07, 6.45) is 0. The Morgan fingerprint density at radius 3 is 2.47 bits per heavy atom. The second-order valence-electron chi connectivity index (χ2n) is 3.54. The maximum atomic E-state index is 11.9. The van der Waals surface area contributed by atoms with E-state index < -0.39 is 6.03 Å². The molecule has 92 valence electrons. The molecule has 0 saturated heterocycles. The van der Waals surface area contributed by atoms with E-state index >= 15 is 0 Å². The maximum Gasteiger partial charge on any atom is 0.348 e. The predicted molar refractivity (Wildman–Crippen MR) is 66.9 cm³/mol. The third-order valence-electron chi connectivity index (χ3n) is 2.36. The number of anilines is 2. The lowest BCUT2D eigenvalue weighted by molar-refractivity contribution is 0.251. The number of nitrogens with two attached hydrogens (primary N) is 1. The van der Waals surface area contributed by atoms with Crippen LogP contribution in [0.3, 0.4) is 0 Å². The average molecular weight is 252 g/mol. The molecule has 0 unspecified atom stereocenters. The van der Waals surface area contributed by atoms with Crippen molar-refractivity contribution in [1.29, 1.82) is 10.5 Å². The first-order valence-corrected chi connectivity index (χ1v) is 5.22. The van der Waals surface area contributed by atoms with Crippen LogP contribution in [0.5, 0.6) is 0 Å². The summed E-state index contributed by atoms with van der Waals surface area (Å²) in [4.78, 5) is 11.9. The highest BCUT2D eigenvalue weighted by Gasteiger charge is 2.19. The molecule has 1 heterocycles. The van der Waals surface area contributed by atoms with Crippen LogP contribution in [0.15, 0.2) is 30.3 Å². The van der Waals surface area contributed by atoms with Crippen molar-refractivity contribution in [2.24, 2.45) is 0 Å². The van der Waals surface area contributed by atoms with E-state index in [-0.39, 0.29) is 17.1 Å². The van der Waals surface area contributed by atoms with Crippen LogP contribution in [0.2, 0.25) is 0 Å². The lowest BCUT2D eigenvalue weighted by Crippen LogP contribution is -2.22. The molecule has 0 atom stereocenters. The standard InChI is InChI=1S/C12H8N6O/c13-6-9-10(7-14)17-18(11(9)15)12(19)16-8-4-2-1-3-5-8/h1-5H,15H2,(H,16,19). The van der Waals surface area contributed by atoms with E-state index in [1.165, 1.54) is 0 Å². The number of para-hydroxylation sites is 1. The molecule has 2 rings (SSSR count). The first kappa shape index (κ1) is 12.1. The van der Waals surface area contributed by atoms with E-state index in [1.807, 2.05) is 0 Å². The van der Waals surface area contributed by atoms with Crippen LogP contribution in [0.4, 0.5) is 16.3 Å². The summed E-state index contributed by atoms with van der Waals surface area (Å²) < 4.78 is 0.796. The van der Waals surface area contributed by atoms with Crippen molar-refractivity contribution in [2.75, 3.05) is 11.1 Å². The molecule has 0 fully saturated rings. The van der Waals surface area contributed by atoms with Crippen molar-refractivity contribution in [3.8, 4) is 12.1 Å². The number of carbonyl (C=O) groups is 1. The van der Waals surface area contributed by atoms with Crippen LogP contribution in [0, 0.1) is 22.7 Å². The number of amides is 1. The van der Waals surface area contributed by atoms with Gasteiger partial charge in [-0.3, -0.25) is 0 Å². The van der Waals surface area contributed by atoms with Crippen LogP contribution in [-0.2, 0) is 0 Å². The zero-order chi connectivity index (χ0) is 13.8. The summed E-state index contributed by atoms with van der Waals surface area (Å²) in [6, 6.07) is 11.5. The van der Waals surface area contributed by atoms with Crippen LogP contribution in [-0.4, -0.2) is 15.8 Å². The second-order valence-corrected chi connectivity index (χ2v) is 3.54. The van der Waals surface area contributed by atoms with Gasteiger partial charge in [0.05, 0.1) is 0 Å². The van der Waals surface area contributed by atoms with Crippen molar-refractivity contribution >= 4 is 17.5 Å². The third-order valence-corrected chi connectivity index (χ3v) is 2.36. The monoisotopic (exact) mass is 252 g/mol. The number of nitrogens with one attached hydrogen (secondary N) is 1. The largest absolute Gasteiger partial charge is 0.382 e. The number of benzene rings is 1. The summed E-state index contributed by atoms with van der Waals surface area (Å²) in [7, 11) is 0. The van der Waals surface area contributed by atoms with Crippen LogP contribution >= 0.6 is 0 Å². The summed E-state index contributed by atoms with van der Waals surface area (Å²) in [6.45, 7) is 0. The van der Waals surface area contributed by atoms with Crippen LogP contribution < -0.4 is 11.1 Å². The zero-order valence-electron chi connectivity index (χ0n) is 9.66. The zero-order valence-corrected chi connectivity index (χ0v) is 9.66. The highest BCUT2D eigenvalue weighted by atomic mass is 16.2. The molecule has 7 nitrogen and oxygen atoms in total. The minimum Gasteiger partial charge on any atom is -0.382 e. The Kier molecular flexibility index (Phi) is 3.13. The van der Waals surface area contributed by atoms with E-state index in [0.29, 0.717) is 5.69 Å². The normalized spacial score (nSPS) is 9.37. The Morgan fingerprint density at radius 1 is 1.26 bits per heavy atom. The smallest absolute Gasteiger partial charge is 0.348 e. The fourth-order valence-electron chi connectivity index (χ4n) is 1.47. The lowest BCUT2D eigenvalue weighted by atomic mass is 10.3. The van der Waals surface area contributed by atoms with E-state index in [1.54, 1.807) is 42.5 Å². The highest BCUT2D eigenvalue weighted by molar-refractivity contribution is 5.93. The molecule has 0 aliphatic carbocycles. The fourth-order valence-corrected chi connectivity index (χ4v) is 1.47. The molecule has 19 heavy (non-hydrogen) atoms. The van der Waals surface area contributed by atoms with Gasteiger partial charge in [0.2, 0.25) is 0 Å². The van der Waals surface area contributed by atoms with Crippen molar-refractivity contribution in [1.82, 2.24) is 9.78 Å². The third kappa shape index (κ3) is 2.21. The SMILES string of the molecule is N#Cc1nn(C(=O)Nc2ccccc2)c(N)c1C#N. The molecule has 2 aromatic rings. The van der Waals surface area contributed by atoms with Crippen molar-refractivity contribution in [3.05, 3.63) is 41.6 Å². The number of carbonyl (C=O) groups excluding carboxylic acids is 1. The van der Waals surface area contributed by atoms with Gasteiger partial charge in [-0.15, -0.1) is 5.10 Å². The molecule has 1 aromatic heterocycles. The van der Waals surface area contributed by atoms with Crippen molar-refractivity contribution < 1.29 is 4.79 Å². The highest BCUT2D eigenvalue weighted by Crippen LogP contribution is 2.15. The van der Waals surface area contributed by atoms with Gasteiger partial charge in [0.25, 0.3) is 0 Å². The Balaban J connectivity index is 2.34. The van der Waals surface area contributed by atoms with Gasteiger partial charge in [0.1, 0.15) is 17.7 Å². The molecule has 3 N–H and O–H groups in total. The summed E-state index contributed by atoms with van der Waals surface area (Å²) in [5.74, 6) is -0.160. The van der Waals surface area contributed by atoms with Gasteiger partial charge in [-0.2, -0.15) is 15.2 Å². The van der Waals surface area contributed by atoms with E-state index in [9.17, 15) is 4.79 Å². The number of nitriles is 2. The maximum absolute atomic E-state index is 11.9. The predicted octanol–water partition coefficient (Wildman–Crippen LogP) is 1.29.